The number of hydrogen-bond acceptors (Lipinski definition) is 6. The van der Waals surface area contributed by atoms with Crippen molar-refractivity contribution in [2.75, 3.05) is 7.11 Å². The maximum absolute atomic E-state index is 13.3. The molecule has 0 fully saturated rings. The number of alkyl halides is 3. The first-order chi connectivity index (χ1) is 23.0. The van der Waals surface area contributed by atoms with Crippen molar-refractivity contribution < 1.29 is 27.4 Å². The van der Waals surface area contributed by atoms with Crippen LogP contribution in [0.2, 0.25) is 0 Å². The average molecular weight is 675 g/mol. The predicted octanol–water partition coefficient (Wildman–Crippen LogP) is 8.33. The molecule has 0 aliphatic heterocycles. The molecular formula is C35H33F3N6O3S. The minimum Gasteiger partial charge on any atom is -0.497 e. The maximum atomic E-state index is 13.3. The Morgan fingerprint density at radius 2 is 1.71 bits per heavy atom. The van der Waals surface area contributed by atoms with E-state index in [1.807, 2.05) is 59.3 Å². The molecule has 0 saturated heterocycles. The average Bonchev–Trinajstić information content (AvgIpc) is 3.81. The number of methoxy groups -OCH3 is 1. The summed E-state index contributed by atoms with van der Waals surface area (Å²) in [4.78, 5) is 22.7. The number of halogens is 3. The number of thiazole rings is 1. The lowest BCUT2D eigenvalue weighted by Gasteiger charge is -2.16. The standard InChI is InChI=1S/C35H33F3N6O3S/c1-21(2)28-17-16-27(46-4)18-31(28)44-22(3)19-48-34(44)41-33(45)40-30-7-5-6-29(30)23-8-10-24(11-9-23)32-39-20-43(42-32)25-12-14-26(15-13-25)47-35(36,37)38/h8-21H,5-7H2,1-4H3,(H,40,45). The van der Waals surface area contributed by atoms with Crippen LogP contribution in [0.15, 0.2) is 89.1 Å². The Labute approximate surface area is 279 Å². The summed E-state index contributed by atoms with van der Waals surface area (Å²) in [5.41, 5.74) is 7.21. The second kappa shape index (κ2) is 13.5. The van der Waals surface area contributed by atoms with Crippen molar-refractivity contribution in [1.29, 1.82) is 0 Å². The van der Waals surface area contributed by atoms with E-state index in [4.69, 9.17) is 4.74 Å². The lowest BCUT2D eigenvalue weighted by molar-refractivity contribution is -0.274. The second-order valence-electron chi connectivity index (χ2n) is 11.6. The molecular weight excluding hydrogens is 641 g/mol. The topological polar surface area (TPSA) is 95.6 Å². The molecule has 0 saturated carbocycles. The lowest BCUT2D eigenvalue weighted by atomic mass is 10.0. The summed E-state index contributed by atoms with van der Waals surface area (Å²) in [6, 6.07) is 18.7. The molecule has 13 heteroatoms. The summed E-state index contributed by atoms with van der Waals surface area (Å²) in [5.74, 6) is 1.13. The highest BCUT2D eigenvalue weighted by Gasteiger charge is 2.31. The summed E-state index contributed by atoms with van der Waals surface area (Å²) >= 11 is 1.41. The molecule has 1 N–H and O–H groups in total. The maximum Gasteiger partial charge on any atom is 0.573 e. The summed E-state index contributed by atoms with van der Waals surface area (Å²) in [5, 5.41) is 9.52. The third-order valence-electron chi connectivity index (χ3n) is 7.97. The fourth-order valence-corrected chi connectivity index (χ4v) is 6.55. The number of nitrogens with zero attached hydrogens (tertiary/aromatic N) is 5. The van der Waals surface area contributed by atoms with Crippen molar-refractivity contribution in [1.82, 2.24) is 24.6 Å². The van der Waals surface area contributed by atoms with Crippen molar-refractivity contribution in [3.63, 3.8) is 0 Å². The van der Waals surface area contributed by atoms with E-state index in [1.54, 1.807) is 7.11 Å². The SMILES string of the molecule is COc1ccc(C(C)C)c(-n2c(C)csc2=NC(=O)NC2=C(c3ccc(-c4ncn(-c5ccc(OC(F)(F)F)cc5)n4)cc3)CCC2)c1. The largest absolute Gasteiger partial charge is 0.573 e. The molecule has 248 valence electrons. The Balaban J connectivity index is 1.20. The Morgan fingerprint density at radius 3 is 2.40 bits per heavy atom. The molecule has 3 aromatic carbocycles. The minimum absolute atomic E-state index is 0.256. The summed E-state index contributed by atoms with van der Waals surface area (Å²) in [6.45, 7) is 6.25. The zero-order valence-electron chi connectivity index (χ0n) is 26.7. The van der Waals surface area contributed by atoms with Gasteiger partial charge in [0.1, 0.15) is 17.8 Å². The van der Waals surface area contributed by atoms with Gasteiger partial charge in [-0.15, -0.1) is 29.6 Å². The first-order valence-corrected chi connectivity index (χ1v) is 16.2. The van der Waals surface area contributed by atoms with Crippen molar-refractivity contribution >= 4 is 22.9 Å². The van der Waals surface area contributed by atoms with Crippen LogP contribution in [-0.4, -0.2) is 38.8 Å². The number of nitrogens with one attached hydrogen (secondary N) is 1. The van der Waals surface area contributed by atoms with E-state index in [9.17, 15) is 18.0 Å². The second-order valence-corrected chi connectivity index (χ2v) is 12.4. The zero-order valence-corrected chi connectivity index (χ0v) is 27.5. The van der Waals surface area contributed by atoms with Gasteiger partial charge >= 0.3 is 12.4 Å². The molecule has 6 rings (SSSR count). The van der Waals surface area contributed by atoms with Gasteiger partial charge in [-0.3, -0.25) is 4.57 Å². The van der Waals surface area contributed by atoms with Crippen molar-refractivity contribution in [2.45, 2.75) is 52.3 Å². The molecule has 0 radical (unpaired) electrons. The van der Waals surface area contributed by atoms with Crippen LogP contribution in [0.1, 0.15) is 55.8 Å². The molecule has 0 bridgehead atoms. The van der Waals surface area contributed by atoms with E-state index in [1.165, 1.54) is 46.6 Å². The molecule has 1 aliphatic rings. The van der Waals surface area contributed by atoms with E-state index in [0.29, 0.717) is 16.3 Å². The van der Waals surface area contributed by atoms with Gasteiger partial charge in [0.2, 0.25) is 0 Å². The number of allylic oxidation sites excluding steroid dienone is 2. The first kappa shape index (κ1) is 32.8. The van der Waals surface area contributed by atoms with Gasteiger partial charge in [0.25, 0.3) is 0 Å². The van der Waals surface area contributed by atoms with Gasteiger partial charge in [-0.1, -0.05) is 44.2 Å². The number of amides is 2. The fourth-order valence-electron chi connectivity index (χ4n) is 5.68. The van der Waals surface area contributed by atoms with E-state index in [0.717, 1.165) is 64.4 Å². The molecule has 5 aromatic rings. The number of carbonyl (C=O) groups is 1. The van der Waals surface area contributed by atoms with Crippen LogP contribution >= 0.6 is 11.3 Å². The van der Waals surface area contributed by atoms with E-state index in [2.05, 4.69) is 39.0 Å². The summed E-state index contributed by atoms with van der Waals surface area (Å²) in [6.07, 6.45) is -0.808. The predicted molar refractivity (Wildman–Crippen MR) is 177 cm³/mol. The number of aryl methyl sites for hydroxylation is 1. The van der Waals surface area contributed by atoms with Crippen LogP contribution in [0.25, 0.3) is 28.3 Å². The Hall–Kier alpha value is -5.17. The van der Waals surface area contributed by atoms with Gasteiger partial charge in [0, 0.05) is 28.4 Å². The first-order valence-electron chi connectivity index (χ1n) is 15.3. The van der Waals surface area contributed by atoms with E-state index in [-0.39, 0.29) is 11.7 Å². The monoisotopic (exact) mass is 674 g/mol. The zero-order chi connectivity index (χ0) is 34.0. The van der Waals surface area contributed by atoms with E-state index >= 15 is 0 Å². The number of hydrogen-bond donors (Lipinski definition) is 1. The molecule has 0 spiro atoms. The van der Waals surface area contributed by atoms with Crippen molar-refractivity contribution in [3.05, 3.63) is 106 Å². The third kappa shape index (κ3) is 7.20. The van der Waals surface area contributed by atoms with Gasteiger partial charge in [0.15, 0.2) is 10.6 Å². The molecule has 9 nitrogen and oxygen atoms in total. The third-order valence-corrected chi connectivity index (χ3v) is 8.91. The molecule has 2 aromatic heterocycles. The van der Waals surface area contributed by atoms with Crippen LogP contribution < -0.4 is 19.6 Å². The van der Waals surface area contributed by atoms with Crippen LogP contribution in [0.3, 0.4) is 0 Å². The Kier molecular flexibility index (Phi) is 9.22. The van der Waals surface area contributed by atoms with Gasteiger partial charge in [-0.05, 0) is 79.1 Å². The van der Waals surface area contributed by atoms with Gasteiger partial charge < -0.3 is 14.8 Å². The smallest absolute Gasteiger partial charge is 0.497 e. The van der Waals surface area contributed by atoms with Crippen LogP contribution in [-0.2, 0) is 0 Å². The van der Waals surface area contributed by atoms with Crippen LogP contribution in [0, 0.1) is 6.92 Å². The lowest BCUT2D eigenvalue weighted by Crippen LogP contribution is -2.24. The van der Waals surface area contributed by atoms with Gasteiger partial charge in [-0.25, -0.2) is 14.5 Å². The number of aromatic nitrogens is 4. The van der Waals surface area contributed by atoms with Crippen LogP contribution in [0.5, 0.6) is 11.5 Å². The fraction of sp³-hybridized carbons (Fsp3) is 0.257. The van der Waals surface area contributed by atoms with E-state index < -0.39 is 12.4 Å². The molecule has 48 heavy (non-hydrogen) atoms. The van der Waals surface area contributed by atoms with Crippen molar-refractivity contribution in [2.24, 2.45) is 4.99 Å². The Morgan fingerprint density at radius 1 is 1.00 bits per heavy atom. The quantitative estimate of drug-likeness (QED) is 0.179. The van der Waals surface area contributed by atoms with Gasteiger partial charge in [-0.2, -0.15) is 4.99 Å². The summed E-state index contributed by atoms with van der Waals surface area (Å²) < 4.78 is 50.3. The molecule has 2 heterocycles. The molecule has 0 atom stereocenters. The van der Waals surface area contributed by atoms with Gasteiger partial charge in [0.05, 0.1) is 18.5 Å². The summed E-state index contributed by atoms with van der Waals surface area (Å²) in [7, 11) is 1.63. The normalized spacial score (nSPS) is 13.8. The molecule has 0 unspecified atom stereocenters. The highest BCUT2D eigenvalue weighted by Crippen LogP contribution is 2.34. The number of benzene rings is 3. The van der Waals surface area contributed by atoms with Crippen molar-refractivity contribution in [3.8, 4) is 34.3 Å². The number of carbonyl (C=O) groups excluding carboxylic acids is 1. The number of urea groups is 1. The highest BCUT2D eigenvalue weighted by atomic mass is 32.1. The minimum atomic E-state index is -4.76. The highest BCUT2D eigenvalue weighted by molar-refractivity contribution is 7.07. The number of ether oxygens (including phenoxy) is 2. The molecule has 1 aliphatic carbocycles. The van der Waals surface area contributed by atoms with Crippen LogP contribution in [0.4, 0.5) is 18.0 Å². The number of rotatable bonds is 8. The Bertz CT molecular complexity index is 2040. The molecule has 2 amide bonds.